The van der Waals surface area contributed by atoms with Gasteiger partial charge in [0.25, 0.3) is 0 Å². The van der Waals surface area contributed by atoms with Crippen LogP contribution in [0.15, 0.2) is 42.5 Å². The zero-order chi connectivity index (χ0) is 23.2. The Morgan fingerprint density at radius 1 is 1.12 bits per heavy atom. The van der Waals surface area contributed by atoms with Gasteiger partial charge in [0.1, 0.15) is 5.78 Å². The molecule has 1 aliphatic carbocycles. The molecule has 1 saturated carbocycles. The minimum absolute atomic E-state index is 0.0345. The van der Waals surface area contributed by atoms with E-state index in [1.54, 1.807) is 0 Å². The fourth-order valence-corrected chi connectivity index (χ4v) is 4.65. The standard InChI is InChI=1S/C28H43NO3/c1-3-4-8-15-25(30)20-18-24-19-21-27(31)26(24)16-11-5-6-12-17-28(32)29-22(2)23-13-9-7-10-14-23/h7,9-10,13-14,18,20,22,24-26,30H,3-6,8,11-12,15-17,19,21H2,1-2H3,(H,29,32)/b20-18+/t22-,24+,25+,26-/m1/s1. The molecule has 0 saturated heterocycles. The molecule has 0 heterocycles. The largest absolute Gasteiger partial charge is 0.389 e. The molecular weight excluding hydrogens is 398 g/mol. The zero-order valence-corrected chi connectivity index (χ0v) is 20.1. The first kappa shape index (κ1) is 26.3. The number of carbonyl (C=O) groups excluding carboxylic acids is 2. The summed E-state index contributed by atoms with van der Waals surface area (Å²) in [5, 5.41) is 13.2. The molecule has 4 atom stereocenters. The van der Waals surface area contributed by atoms with Crippen molar-refractivity contribution in [2.24, 2.45) is 11.8 Å². The van der Waals surface area contributed by atoms with Crippen LogP contribution in [0.25, 0.3) is 0 Å². The fourth-order valence-electron chi connectivity index (χ4n) is 4.65. The number of rotatable bonds is 15. The number of nitrogens with one attached hydrogen (secondary N) is 1. The average Bonchev–Trinajstić information content (AvgIpc) is 3.14. The molecule has 0 bridgehead atoms. The normalized spacial score (nSPS) is 20.5. The van der Waals surface area contributed by atoms with Crippen molar-refractivity contribution in [2.45, 2.75) is 103 Å². The Morgan fingerprint density at radius 2 is 1.88 bits per heavy atom. The highest BCUT2D eigenvalue weighted by Gasteiger charge is 2.32. The highest BCUT2D eigenvalue weighted by Crippen LogP contribution is 2.34. The van der Waals surface area contributed by atoms with Crippen LogP contribution in [0, 0.1) is 11.8 Å². The molecule has 0 radical (unpaired) electrons. The van der Waals surface area contributed by atoms with E-state index in [1.807, 2.05) is 43.3 Å². The average molecular weight is 442 g/mol. The number of hydrogen-bond acceptors (Lipinski definition) is 3. The molecule has 32 heavy (non-hydrogen) atoms. The van der Waals surface area contributed by atoms with Crippen LogP contribution in [0.1, 0.15) is 103 Å². The van der Waals surface area contributed by atoms with Gasteiger partial charge in [0.05, 0.1) is 12.1 Å². The predicted octanol–water partition coefficient (Wildman–Crippen LogP) is 6.30. The van der Waals surface area contributed by atoms with Crippen LogP contribution in [-0.2, 0) is 9.59 Å². The number of ketones is 1. The fraction of sp³-hybridized carbons (Fsp3) is 0.643. The quantitative estimate of drug-likeness (QED) is 0.248. The number of hydrogen-bond donors (Lipinski definition) is 2. The summed E-state index contributed by atoms with van der Waals surface area (Å²) in [7, 11) is 0. The summed E-state index contributed by atoms with van der Waals surface area (Å²) in [5.41, 5.74) is 1.12. The van der Waals surface area contributed by atoms with Crippen molar-refractivity contribution in [1.29, 1.82) is 0 Å². The lowest BCUT2D eigenvalue weighted by molar-refractivity contribution is -0.122. The van der Waals surface area contributed by atoms with E-state index in [1.165, 1.54) is 0 Å². The maximum atomic E-state index is 12.3. The lowest BCUT2D eigenvalue weighted by Gasteiger charge is -2.16. The van der Waals surface area contributed by atoms with E-state index in [-0.39, 0.29) is 29.9 Å². The number of aliphatic hydroxyl groups is 1. The Balaban J connectivity index is 1.60. The van der Waals surface area contributed by atoms with Crippen LogP contribution < -0.4 is 5.32 Å². The molecular formula is C28H43NO3. The summed E-state index contributed by atoms with van der Waals surface area (Å²) in [5.74, 6) is 0.891. The second kappa shape index (κ2) is 15.0. The monoisotopic (exact) mass is 441 g/mol. The Morgan fingerprint density at radius 3 is 2.62 bits per heavy atom. The molecule has 2 rings (SSSR count). The van der Waals surface area contributed by atoms with Gasteiger partial charge < -0.3 is 10.4 Å². The lowest BCUT2D eigenvalue weighted by atomic mass is 9.89. The molecule has 4 nitrogen and oxygen atoms in total. The molecule has 178 valence electrons. The van der Waals surface area contributed by atoms with E-state index in [0.717, 1.165) is 69.8 Å². The van der Waals surface area contributed by atoms with E-state index in [2.05, 4.69) is 18.3 Å². The van der Waals surface area contributed by atoms with E-state index in [9.17, 15) is 14.7 Å². The predicted molar refractivity (Wildman–Crippen MR) is 131 cm³/mol. The van der Waals surface area contributed by atoms with Crippen molar-refractivity contribution in [3.8, 4) is 0 Å². The molecule has 0 aromatic heterocycles. The molecule has 1 aliphatic rings. The van der Waals surface area contributed by atoms with E-state index in [0.29, 0.717) is 18.6 Å². The van der Waals surface area contributed by atoms with Crippen LogP contribution in [0.3, 0.4) is 0 Å². The van der Waals surface area contributed by atoms with Crippen LogP contribution in [0.5, 0.6) is 0 Å². The minimum Gasteiger partial charge on any atom is -0.389 e. The van der Waals surface area contributed by atoms with E-state index in [4.69, 9.17) is 0 Å². The van der Waals surface area contributed by atoms with Crippen molar-refractivity contribution >= 4 is 11.7 Å². The van der Waals surface area contributed by atoms with Crippen LogP contribution in [-0.4, -0.2) is 22.9 Å². The molecule has 4 heteroatoms. The molecule has 2 N–H and O–H groups in total. The van der Waals surface area contributed by atoms with Gasteiger partial charge in [0.15, 0.2) is 0 Å². The third kappa shape index (κ3) is 9.68. The number of unbranched alkanes of at least 4 members (excludes halogenated alkanes) is 5. The Kier molecular flexibility index (Phi) is 12.3. The van der Waals surface area contributed by atoms with Crippen molar-refractivity contribution in [1.82, 2.24) is 5.32 Å². The Bertz CT molecular complexity index is 700. The van der Waals surface area contributed by atoms with Gasteiger partial charge in [0, 0.05) is 18.8 Å². The summed E-state index contributed by atoms with van der Waals surface area (Å²) in [6.45, 7) is 4.18. The van der Waals surface area contributed by atoms with Gasteiger partial charge in [-0.2, -0.15) is 0 Å². The summed E-state index contributed by atoms with van der Waals surface area (Å²) < 4.78 is 0. The number of aliphatic hydroxyl groups excluding tert-OH is 1. The van der Waals surface area contributed by atoms with Crippen LogP contribution in [0.2, 0.25) is 0 Å². The third-order valence-corrected chi connectivity index (χ3v) is 6.68. The summed E-state index contributed by atoms with van der Waals surface area (Å²) >= 11 is 0. The molecule has 1 fully saturated rings. The first-order chi connectivity index (χ1) is 15.5. The van der Waals surface area contributed by atoms with E-state index >= 15 is 0 Å². The van der Waals surface area contributed by atoms with Crippen molar-refractivity contribution in [3.05, 3.63) is 48.0 Å². The first-order valence-corrected chi connectivity index (χ1v) is 12.7. The zero-order valence-electron chi connectivity index (χ0n) is 20.1. The number of allylic oxidation sites excluding steroid dienone is 1. The molecule has 0 unspecified atom stereocenters. The Hall–Kier alpha value is -1.94. The maximum Gasteiger partial charge on any atom is 0.220 e. The SMILES string of the molecule is CCCCC[C@H](O)/C=C/[C@H]1CCC(=O)[C@@H]1CCCCCCC(=O)N[C@H](C)c1ccccc1. The molecule has 1 aromatic rings. The maximum absolute atomic E-state index is 12.3. The number of benzene rings is 1. The summed E-state index contributed by atoms with van der Waals surface area (Å²) in [4.78, 5) is 24.5. The van der Waals surface area contributed by atoms with Gasteiger partial charge in [0.2, 0.25) is 5.91 Å². The Labute approximate surface area is 194 Å². The van der Waals surface area contributed by atoms with Gasteiger partial charge in [-0.25, -0.2) is 0 Å². The van der Waals surface area contributed by atoms with Gasteiger partial charge in [-0.05, 0) is 44.1 Å². The smallest absolute Gasteiger partial charge is 0.220 e. The van der Waals surface area contributed by atoms with Crippen molar-refractivity contribution in [3.63, 3.8) is 0 Å². The van der Waals surface area contributed by atoms with Crippen molar-refractivity contribution < 1.29 is 14.7 Å². The lowest BCUT2D eigenvalue weighted by Crippen LogP contribution is -2.26. The van der Waals surface area contributed by atoms with Crippen LogP contribution in [0.4, 0.5) is 0 Å². The van der Waals surface area contributed by atoms with Crippen molar-refractivity contribution in [2.75, 3.05) is 0 Å². The first-order valence-electron chi connectivity index (χ1n) is 12.7. The second-order valence-electron chi connectivity index (χ2n) is 9.38. The van der Waals surface area contributed by atoms with E-state index < -0.39 is 0 Å². The van der Waals surface area contributed by atoms with Crippen LogP contribution >= 0.6 is 0 Å². The number of carbonyl (C=O) groups is 2. The summed E-state index contributed by atoms with van der Waals surface area (Å²) in [6, 6.07) is 10.1. The number of Topliss-reactive ketones (excluding diaryl/α,β-unsaturated/α-hetero) is 1. The molecule has 1 aromatic carbocycles. The highest BCUT2D eigenvalue weighted by molar-refractivity contribution is 5.83. The van der Waals surface area contributed by atoms with Gasteiger partial charge in [-0.1, -0.05) is 87.9 Å². The number of amides is 1. The summed E-state index contributed by atoms with van der Waals surface area (Å²) in [6.07, 6.45) is 14.9. The van der Waals surface area contributed by atoms with Gasteiger partial charge in [-0.3, -0.25) is 9.59 Å². The van der Waals surface area contributed by atoms with Gasteiger partial charge in [-0.15, -0.1) is 0 Å². The minimum atomic E-state index is -0.381. The molecule has 1 amide bonds. The highest BCUT2D eigenvalue weighted by atomic mass is 16.3. The molecule has 0 spiro atoms. The topological polar surface area (TPSA) is 66.4 Å². The van der Waals surface area contributed by atoms with Gasteiger partial charge >= 0.3 is 0 Å². The second-order valence-corrected chi connectivity index (χ2v) is 9.38. The molecule has 0 aliphatic heterocycles. The third-order valence-electron chi connectivity index (χ3n) is 6.68.